The van der Waals surface area contributed by atoms with Crippen molar-refractivity contribution in [1.29, 1.82) is 0 Å². The second-order valence-corrected chi connectivity index (χ2v) is 6.76. The second-order valence-electron chi connectivity index (χ2n) is 6.76. The fourth-order valence-corrected chi connectivity index (χ4v) is 2.53. The summed E-state index contributed by atoms with van der Waals surface area (Å²) in [6.07, 6.45) is 0.714. The van der Waals surface area contributed by atoms with Gasteiger partial charge in [-0.25, -0.2) is 8.78 Å². The maximum absolute atomic E-state index is 13.4. The Kier molecular flexibility index (Phi) is 4.97. The summed E-state index contributed by atoms with van der Waals surface area (Å²) in [5.74, 6) is -1.66. The van der Waals surface area contributed by atoms with Crippen LogP contribution in [0.15, 0.2) is 42.5 Å². The molecule has 2 aromatic carbocycles. The fraction of sp³-hybridized carbons (Fsp3) is 0.368. The molecule has 2 aromatic rings. The van der Waals surface area contributed by atoms with Gasteiger partial charge in [0.1, 0.15) is 0 Å². The summed E-state index contributed by atoms with van der Waals surface area (Å²) >= 11 is 0. The van der Waals surface area contributed by atoms with Crippen LogP contribution in [0.2, 0.25) is 0 Å². The third-order valence-corrected chi connectivity index (χ3v) is 4.00. The Morgan fingerprint density at radius 3 is 2.09 bits per heavy atom. The van der Waals surface area contributed by atoms with E-state index >= 15 is 0 Å². The van der Waals surface area contributed by atoms with Gasteiger partial charge >= 0.3 is 0 Å². The third kappa shape index (κ3) is 3.92. The van der Waals surface area contributed by atoms with Crippen LogP contribution in [-0.2, 0) is 11.8 Å². The van der Waals surface area contributed by atoms with Crippen LogP contribution in [0.3, 0.4) is 0 Å². The highest BCUT2D eigenvalue weighted by Gasteiger charge is 2.15. The zero-order valence-corrected chi connectivity index (χ0v) is 13.4. The normalized spacial score (nSPS) is 13.2. The number of benzene rings is 2. The summed E-state index contributed by atoms with van der Waals surface area (Å²) in [4.78, 5) is 0. The zero-order chi connectivity index (χ0) is 16.3. The van der Waals surface area contributed by atoms with E-state index in [1.165, 1.54) is 11.6 Å². The molecule has 0 saturated heterocycles. The van der Waals surface area contributed by atoms with Crippen LogP contribution in [0.25, 0.3) is 0 Å². The number of rotatable bonds is 4. The Labute approximate surface area is 131 Å². The smallest absolute Gasteiger partial charge is 0.159 e. The maximum Gasteiger partial charge on any atom is 0.159 e. The van der Waals surface area contributed by atoms with E-state index in [2.05, 4.69) is 45.0 Å². The van der Waals surface area contributed by atoms with E-state index in [4.69, 9.17) is 5.73 Å². The van der Waals surface area contributed by atoms with Crippen molar-refractivity contribution in [2.24, 2.45) is 5.73 Å². The first-order valence-corrected chi connectivity index (χ1v) is 7.55. The first kappa shape index (κ1) is 16.6. The van der Waals surface area contributed by atoms with Gasteiger partial charge in [0.25, 0.3) is 0 Å². The minimum atomic E-state index is -0.825. The van der Waals surface area contributed by atoms with Crippen molar-refractivity contribution in [2.45, 2.75) is 38.5 Å². The highest BCUT2D eigenvalue weighted by Crippen LogP contribution is 2.25. The van der Waals surface area contributed by atoms with Gasteiger partial charge in [0, 0.05) is 5.92 Å². The quantitative estimate of drug-likeness (QED) is 0.881. The molecule has 22 heavy (non-hydrogen) atoms. The van der Waals surface area contributed by atoms with Gasteiger partial charge in [-0.1, -0.05) is 51.1 Å². The molecule has 0 aliphatic carbocycles. The zero-order valence-electron chi connectivity index (χ0n) is 13.4. The van der Waals surface area contributed by atoms with Crippen molar-refractivity contribution in [1.82, 2.24) is 0 Å². The molecule has 2 rings (SSSR count). The van der Waals surface area contributed by atoms with E-state index in [1.807, 2.05) is 0 Å². The molecule has 0 aliphatic rings. The molecule has 0 radical (unpaired) electrons. The van der Waals surface area contributed by atoms with E-state index in [-0.39, 0.29) is 11.3 Å². The topological polar surface area (TPSA) is 26.0 Å². The van der Waals surface area contributed by atoms with Gasteiger partial charge in [0.15, 0.2) is 11.6 Å². The van der Waals surface area contributed by atoms with Crippen LogP contribution in [0.1, 0.15) is 43.4 Å². The molecule has 1 nitrogen and oxygen atoms in total. The Bertz CT molecular complexity index is 627. The van der Waals surface area contributed by atoms with E-state index in [9.17, 15) is 8.78 Å². The maximum atomic E-state index is 13.4. The minimum Gasteiger partial charge on any atom is -0.330 e. The van der Waals surface area contributed by atoms with Crippen LogP contribution in [0.5, 0.6) is 0 Å². The molecule has 0 fully saturated rings. The molecule has 0 amide bonds. The lowest BCUT2D eigenvalue weighted by molar-refractivity contribution is 0.505. The van der Waals surface area contributed by atoms with Crippen molar-refractivity contribution in [2.75, 3.05) is 6.54 Å². The lowest BCUT2D eigenvalue weighted by Gasteiger charge is -2.20. The van der Waals surface area contributed by atoms with Crippen LogP contribution >= 0.6 is 0 Å². The third-order valence-electron chi connectivity index (χ3n) is 4.00. The van der Waals surface area contributed by atoms with Crippen molar-refractivity contribution in [3.8, 4) is 0 Å². The van der Waals surface area contributed by atoms with Gasteiger partial charge in [0.2, 0.25) is 0 Å². The monoisotopic (exact) mass is 303 g/mol. The molecule has 0 bridgehead atoms. The van der Waals surface area contributed by atoms with E-state index in [1.54, 1.807) is 6.07 Å². The Balaban J connectivity index is 2.18. The summed E-state index contributed by atoms with van der Waals surface area (Å²) in [6.45, 7) is 6.91. The van der Waals surface area contributed by atoms with Gasteiger partial charge in [0.05, 0.1) is 0 Å². The Morgan fingerprint density at radius 2 is 1.59 bits per heavy atom. The molecule has 3 heteroatoms. The van der Waals surface area contributed by atoms with Crippen molar-refractivity contribution < 1.29 is 8.78 Å². The summed E-state index contributed by atoms with van der Waals surface area (Å²) in [5.41, 5.74) is 9.10. The molecular weight excluding hydrogens is 280 g/mol. The van der Waals surface area contributed by atoms with Crippen LogP contribution in [0, 0.1) is 11.6 Å². The fourth-order valence-electron chi connectivity index (χ4n) is 2.53. The molecule has 118 valence electrons. The van der Waals surface area contributed by atoms with E-state index in [0.29, 0.717) is 13.0 Å². The van der Waals surface area contributed by atoms with Gasteiger partial charge in [-0.2, -0.15) is 0 Å². The van der Waals surface area contributed by atoms with Gasteiger partial charge in [-0.15, -0.1) is 0 Å². The first-order valence-electron chi connectivity index (χ1n) is 7.55. The molecule has 0 aromatic heterocycles. The summed E-state index contributed by atoms with van der Waals surface area (Å²) in [6, 6.07) is 12.4. The molecule has 0 heterocycles. The molecule has 2 N–H and O–H groups in total. The van der Waals surface area contributed by atoms with Crippen molar-refractivity contribution in [3.05, 3.63) is 70.8 Å². The number of halogens is 2. The molecule has 0 spiro atoms. The molecule has 0 aliphatic heterocycles. The first-order chi connectivity index (χ1) is 10.3. The summed E-state index contributed by atoms with van der Waals surface area (Å²) < 4.78 is 26.4. The van der Waals surface area contributed by atoms with Gasteiger partial charge < -0.3 is 5.73 Å². The molecule has 1 atom stereocenters. The lowest BCUT2D eigenvalue weighted by Crippen LogP contribution is -2.16. The van der Waals surface area contributed by atoms with E-state index in [0.717, 1.165) is 17.2 Å². The number of hydrogen-bond donors (Lipinski definition) is 1. The standard InChI is InChI=1S/C19H23F2N/c1-19(2,3)16-7-4-13(5-8-16)10-15(12-22)14-6-9-17(20)18(21)11-14/h4-9,11,15H,10,12,22H2,1-3H3. The van der Waals surface area contributed by atoms with Crippen molar-refractivity contribution >= 4 is 0 Å². The second kappa shape index (κ2) is 6.57. The average molecular weight is 303 g/mol. The molecular formula is C19H23F2N. The minimum absolute atomic E-state index is 0.0180. The SMILES string of the molecule is CC(C)(C)c1ccc(CC(CN)c2ccc(F)c(F)c2)cc1. The summed E-state index contributed by atoms with van der Waals surface area (Å²) in [7, 11) is 0. The van der Waals surface area contributed by atoms with Crippen molar-refractivity contribution in [3.63, 3.8) is 0 Å². The predicted molar refractivity (Wildman–Crippen MR) is 87.0 cm³/mol. The van der Waals surface area contributed by atoms with E-state index < -0.39 is 11.6 Å². The molecule has 0 saturated carbocycles. The van der Waals surface area contributed by atoms with Crippen LogP contribution in [0.4, 0.5) is 8.78 Å². The van der Waals surface area contributed by atoms with Crippen LogP contribution in [-0.4, -0.2) is 6.54 Å². The lowest BCUT2D eigenvalue weighted by atomic mass is 9.85. The largest absolute Gasteiger partial charge is 0.330 e. The average Bonchev–Trinajstić information content (AvgIpc) is 2.47. The highest BCUT2D eigenvalue weighted by molar-refractivity contribution is 5.30. The Morgan fingerprint density at radius 1 is 0.955 bits per heavy atom. The van der Waals surface area contributed by atoms with Gasteiger partial charge in [-0.05, 0) is 47.2 Å². The summed E-state index contributed by atoms with van der Waals surface area (Å²) in [5, 5.41) is 0. The predicted octanol–water partition coefficient (Wildman–Crippen LogP) is 4.55. The highest BCUT2D eigenvalue weighted by atomic mass is 19.2. The number of hydrogen-bond acceptors (Lipinski definition) is 1. The van der Waals surface area contributed by atoms with Gasteiger partial charge in [-0.3, -0.25) is 0 Å². The Hall–Kier alpha value is -1.74. The molecule has 1 unspecified atom stereocenters. The number of nitrogens with two attached hydrogens (primary N) is 1. The van der Waals surface area contributed by atoms with Crippen LogP contribution < -0.4 is 5.73 Å².